The summed E-state index contributed by atoms with van der Waals surface area (Å²) in [6.45, 7) is 6.90. The lowest BCUT2D eigenvalue weighted by Crippen LogP contribution is -2.19. The van der Waals surface area contributed by atoms with Crippen molar-refractivity contribution in [3.8, 4) is 0 Å². The molecule has 0 aliphatic heterocycles. The van der Waals surface area contributed by atoms with Crippen molar-refractivity contribution < 1.29 is 0 Å². The SMILES string of the molecule is CCC(C)(CC)c1cc(I)cc(I)c1. The highest BCUT2D eigenvalue weighted by molar-refractivity contribution is 14.1. The summed E-state index contributed by atoms with van der Waals surface area (Å²) in [4.78, 5) is 0. The van der Waals surface area contributed by atoms with Crippen LogP contribution in [0.4, 0.5) is 0 Å². The molecule has 0 fully saturated rings. The Morgan fingerprint density at radius 1 is 1.00 bits per heavy atom. The van der Waals surface area contributed by atoms with Crippen molar-refractivity contribution in [2.45, 2.75) is 39.0 Å². The minimum Gasteiger partial charge on any atom is -0.0645 e. The summed E-state index contributed by atoms with van der Waals surface area (Å²) in [6, 6.07) is 6.85. The van der Waals surface area contributed by atoms with Gasteiger partial charge in [-0.3, -0.25) is 0 Å². The Labute approximate surface area is 114 Å². The molecule has 1 aromatic carbocycles. The molecule has 0 atom stereocenters. The fourth-order valence-corrected chi connectivity index (χ4v) is 3.50. The van der Waals surface area contributed by atoms with E-state index in [-0.39, 0.29) is 0 Å². The van der Waals surface area contributed by atoms with Gasteiger partial charge in [-0.15, -0.1) is 0 Å². The van der Waals surface area contributed by atoms with Crippen LogP contribution < -0.4 is 0 Å². The summed E-state index contributed by atoms with van der Waals surface area (Å²) in [5.74, 6) is 0. The van der Waals surface area contributed by atoms with Crippen molar-refractivity contribution in [2.24, 2.45) is 0 Å². The zero-order valence-corrected chi connectivity index (χ0v) is 13.2. The molecule has 0 saturated heterocycles. The second-order valence-corrected chi connectivity index (χ2v) is 6.42. The molecule has 0 radical (unpaired) electrons. The van der Waals surface area contributed by atoms with Crippen LogP contribution in [0.25, 0.3) is 0 Å². The Kier molecular flexibility index (Phi) is 4.68. The van der Waals surface area contributed by atoms with Gasteiger partial charge in [-0.2, -0.15) is 0 Å². The zero-order chi connectivity index (χ0) is 10.8. The molecular formula is C12H16I2. The van der Waals surface area contributed by atoms with Crippen molar-refractivity contribution in [3.05, 3.63) is 30.9 Å². The fourth-order valence-electron chi connectivity index (χ4n) is 1.56. The van der Waals surface area contributed by atoms with Gasteiger partial charge >= 0.3 is 0 Å². The van der Waals surface area contributed by atoms with Gasteiger partial charge in [0.25, 0.3) is 0 Å². The van der Waals surface area contributed by atoms with Gasteiger partial charge in [-0.1, -0.05) is 20.8 Å². The second-order valence-electron chi connectivity index (χ2n) is 3.93. The third-order valence-electron chi connectivity index (χ3n) is 3.12. The molecule has 0 saturated carbocycles. The van der Waals surface area contributed by atoms with E-state index in [1.165, 1.54) is 25.5 Å². The first-order valence-electron chi connectivity index (χ1n) is 4.98. The zero-order valence-electron chi connectivity index (χ0n) is 8.90. The number of benzene rings is 1. The van der Waals surface area contributed by atoms with Crippen molar-refractivity contribution in [1.82, 2.24) is 0 Å². The van der Waals surface area contributed by atoms with Crippen LogP contribution >= 0.6 is 45.2 Å². The van der Waals surface area contributed by atoms with Gasteiger partial charge in [-0.25, -0.2) is 0 Å². The van der Waals surface area contributed by atoms with E-state index in [1.807, 2.05) is 0 Å². The molecule has 0 aliphatic rings. The molecule has 0 amide bonds. The highest BCUT2D eigenvalue weighted by Gasteiger charge is 2.22. The standard InChI is InChI=1S/C12H16I2/c1-4-12(3,5-2)9-6-10(13)8-11(14)7-9/h6-8H,4-5H2,1-3H3. The summed E-state index contributed by atoms with van der Waals surface area (Å²) in [5, 5.41) is 0. The Morgan fingerprint density at radius 3 is 1.79 bits per heavy atom. The molecule has 2 heteroatoms. The molecule has 78 valence electrons. The molecule has 14 heavy (non-hydrogen) atoms. The number of hydrogen-bond acceptors (Lipinski definition) is 0. The molecule has 1 rings (SSSR count). The molecule has 0 heterocycles. The minimum absolute atomic E-state index is 0.348. The van der Waals surface area contributed by atoms with Gasteiger partial charge in [0.1, 0.15) is 0 Å². The van der Waals surface area contributed by atoms with Gasteiger partial charge in [-0.05, 0) is 87.2 Å². The summed E-state index contributed by atoms with van der Waals surface area (Å²) in [7, 11) is 0. The number of hydrogen-bond donors (Lipinski definition) is 0. The number of halogens is 2. The normalized spacial score (nSPS) is 11.8. The Balaban J connectivity index is 3.17. The highest BCUT2D eigenvalue weighted by Crippen LogP contribution is 2.32. The smallest absolute Gasteiger partial charge is 0.0143 e. The van der Waals surface area contributed by atoms with Gasteiger partial charge < -0.3 is 0 Å². The Bertz CT molecular complexity index is 294. The lowest BCUT2D eigenvalue weighted by Gasteiger charge is -2.27. The van der Waals surface area contributed by atoms with Crippen molar-refractivity contribution in [2.75, 3.05) is 0 Å². The van der Waals surface area contributed by atoms with Crippen LogP contribution in [-0.4, -0.2) is 0 Å². The van der Waals surface area contributed by atoms with E-state index in [4.69, 9.17) is 0 Å². The average Bonchev–Trinajstić information content (AvgIpc) is 2.15. The Hall–Kier alpha value is 0.680. The highest BCUT2D eigenvalue weighted by atomic mass is 127. The van der Waals surface area contributed by atoms with Crippen LogP contribution in [0.3, 0.4) is 0 Å². The molecule has 0 aliphatic carbocycles. The number of rotatable bonds is 3. The Morgan fingerprint density at radius 2 is 1.43 bits per heavy atom. The van der Waals surface area contributed by atoms with Crippen LogP contribution in [0.5, 0.6) is 0 Å². The topological polar surface area (TPSA) is 0 Å². The molecule has 0 bridgehead atoms. The third-order valence-corrected chi connectivity index (χ3v) is 4.37. The van der Waals surface area contributed by atoms with Crippen molar-refractivity contribution in [3.63, 3.8) is 0 Å². The van der Waals surface area contributed by atoms with Crippen LogP contribution in [0.2, 0.25) is 0 Å². The van der Waals surface area contributed by atoms with Gasteiger partial charge in [0, 0.05) is 7.14 Å². The van der Waals surface area contributed by atoms with E-state index in [2.05, 4.69) is 84.2 Å². The largest absolute Gasteiger partial charge is 0.0645 e. The van der Waals surface area contributed by atoms with E-state index in [0.717, 1.165) is 0 Å². The summed E-state index contributed by atoms with van der Waals surface area (Å²) >= 11 is 4.80. The van der Waals surface area contributed by atoms with Crippen LogP contribution in [0.15, 0.2) is 18.2 Å². The summed E-state index contributed by atoms with van der Waals surface area (Å²) < 4.78 is 2.69. The predicted octanol–water partition coefficient (Wildman–Crippen LogP) is 4.97. The van der Waals surface area contributed by atoms with E-state index in [1.54, 1.807) is 0 Å². The van der Waals surface area contributed by atoms with Crippen molar-refractivity contribution in [1.29, 1.82) is 0 Å². The van der Waals surface area contributed by atoms with E-state index >= 15 is 0 Å². The quantitative estimate of drug-likeness (QED) is 0.613. The molecule has 0 unspecified atom stereocenters. The first kappa shape index (κ1) is 12.7. The first-order valence-corrected chi connectivity index (χ1v) is 7.14. The van der Waals surface area contributed by atoms with Gasteiger partial charge in [0.05, 0.1) is 0 Å². The predicted molar refractivity (Wildman–Crippen MR) is 79.8 cm³/mol. The second kappa shape index (κ2) is 5.14. The maximum Gasteiger partial charge on any atom is 0.0143 e. The van der Waals surface area contributed by atoms with E-state index in [0.29, 0.717) is 5.41 Å². The van der Waals surface area contributed by atoms with Gasteiger partial charge in [0.2, 0.25) is 0 Å². The average molecular weight is 414 g/mol. The molecular weight excluding hydrogens is 398 g/mol. The maximum atomic E-state index is 2.40. The third kappa shape index (κ3) is 2.84. The molecule has 0 nitrogen and oxygen atoms in total. The fraction of sp³-hybridized carbons (Fsp3) is 0.500. The van der Waals surface area contributed by atoms with Crippen LogP contribution in [0.1, 0.15) is 39.2 Å². The van der Waals surface area contributed by atoms with Crippen LogP contribution in [-0.2, 0) is 5.41 Å². The lowest BCUT2D eigenvalue weighted by molar-refractivity contribution is 0.438. The molecule has 0 aromatic heterocycles. The van der Waals surface area contributed by atoms with E-state index < -0.39 is 0 Å². The summed E-state index contributed by atoms with van der Waals surface area (Å²) in [6.07, 6.45) is 2.42. The summed E-state index contributed by atoms with van der Waals surface area (Å²) in [5.41, 5.74) is 1.83. The molecule has 1 aromatic rings. The van der Waals surface area contributed by atoms with Gasteiger partial charge in [0.15, 0.2) is 0 Å². The molecule has 0 spiro atoms. The minimum atomic E-state index is 0.348. The van der Waals surface area contributed by atoms with Crippen LogP contribution in [0, 0.1) is 7.14 Å². The first-order chi connectivity index (χ1) is 6.51. The maximum absolute atomic E-state index is 2.40. The van der Waals surface area contributed by atoms with Crippen molar-refractivity contribution >= 4 is 45.2 Å². The lowest BCUT2D eigenvalue weighted by atomic mass is 9.78. The molecule has 0 N–H and O–H groups in total. The van der Waals surface area contributed by atoms with E-state index in [9.17, 15) is 0 Å². The monoisotopic (exact) mass is 414 g/mol.